The van der Waals surface area contributed by atoms with Crippen LogP contribution in [-0.2, 0) is 20.7 Å². The zero-order chi connectivity index (χ0) is 19.4. The van der Waals surface area contributed by atoms with Gasteiger partial charge in [-0.05, 0) is 30.2 Å². The second kappa shape index (κ2) is 7.82. The summed E-state index contributed by atoms with van der Waals surface area (Å²) in [4.78, 5) is 49.2. The number of anilines is 1. The Balaban J connectivity index is 1.54. The van der Waals surface area contributed by atoms with E-state index in [-0.39, 0.29) is 11.1 Å². The molecule has 3 amide bonds. The van der Waals surface area contributed by atoms with Crippen molar-refractivity contribution in [2.24, 2.45) is 0 Å². The van der Waals surface area contributed by atoms with Gasteiger partial charge in [0.1, 0.15) is 6.54 Å². The second-order valence-corrected chi connectivity index (χ2v) is 5.96. The van der Waals surface area contributed by atoms with Crippen molar-refractivity contribution in [2.45, 2.75) is 13.3 Å². The quantitative estimate of drug-likeness (QED) is 0.624. The van der Waals surface area contributed by atoms with Gasteiger partial charge in [-0.25, -0.2) is 0 Å². The van der Waals surface area contributed by atoms with Gasteiger partial charge < -0.3 is 10.1 Å². The van der Waals surface area contributed by atoms with Crippen molar-refractivity contribution in [1.82, 2.24) is 4.90 Å². The number of imide groups is 1. The summed E-state index contributed by atoms with van der Waals surface area (Å²) in [5.74, 6) is -2.42. The first-order valence-electron chi connectivity index (χ1n) is 8.50. The number of aryl methyl sites for hydroxylation is 1. The van der Waals surface area contributed by atoms with Gasteiger partial charge in [-0.2, -0.15) is 0 Å². The highest BCUT2D eigenvalue weighted by Gasteiger charge is 2.36. The summed E-state index contributed by atoms with van der Waals surface area (Å²) < 4.78 is 4.91. The maximum Gasteiger partial charge on any atom is 0.326 e. The van der Waals surface area contributed by atoms with E-state index in [1.165, 1.54) is 12.1 Å². The fraction of sp³-hybridized carbons (Fsp3) is 0.200. The van der Waals surface area contributed by atoms with Crippen LogP contribution in [-0.4, -0.2) is 41.7 Å². The summed E-state index contributed by atoms with van der Waals surface area (Å²) in [6.07, 6.45) is 0.746. The van der Waals surface area contributed by atoms with Crippen molar-refractivity contribution in [2.75, 3.05) is 18.5 Å². The minimum absolute atomic E-state index is 0.254. The largest absolute Gasteiger partial charge is 0.454 e. The molecule has 0 atom stereocenters. The molecule has 0 radical (unpaired) electrons. The first-order chi connectivity index (χ1) is 13.0. The van der Waals surface area contributed by atoms with Gasteiger partial charge in [0.25, 0.3) is 17.7 Å². The first-order valence-corrected chi connectivity index (χ1v) is 8.50. The summed E-state index contributed by atoms with van der Waals surface area (Å²) in [7, 11) is 0. The number of carbonyl (C=O) groups is 4. The van der Waals surface area contributed by atoms with E-state index in [0.717, 1.165) is 16.9 Å². The number of hydrogen-bond donors (Lipinski definition) is 1. The molecule has 0 saturated carbocycles. The van der Waals surface area contributed by atoms with Gasteiger partial charge in [-0.3, -0.25) is 24.1 Å². The zero-order valence-corrected chi connectivity index (χ0v) is 14.7. The van der Waals surface area contributed by atoms with Crippen LogP contribution >= 0.6 is 0 Å². The van der Waals surface area contributed by atoms with E-state index in [1.807, 2.05) is 19.1 Å². The molecule has 0 unspecified atom stereocenters. The Hall–Kier alpha value is -3.48. The van der Waals surface area contributed by atoms with Crippen LogP contribution in [0.25, 0.3) is 0 Å². The van der Waals surface area contributed by atoms with Crippen LogP contribution in [0.4, 0.5) is 5.69 Å². The number of carbonyl (C=O) groups excluding carboxylic acids is 4. The average Bonchev–Trinajstić information content (AvgIpc) is 2.92. The molecule has 0 spiro atoms. The molecule has 0 saturated heterocycles. The molecule has 0 bridgehead atoms. The predicted octanol–water partition coefficient (Wildman–Crippen LogP) is 2.03. The number of para-hydroxylation sites is 1. The van der Waals surface area contributed by atoms with Crippen LogP contribution < -0.4 is 5.32 Å². The number of amides is 3. The Morgan fingerprint density at radius 2 is 1.56 bits per heavy atom. The normalized spacial score (nSPS) is 12.7. The third-order valence-corrected chi connectivity index (χ3v) is 4.20. The lowest BCUT2D eigenvalue weighted by molar-refractivity contribution is -0.147. The van der Waals surface area contributed by atoms with Crippen molar-refractivity contribution in [3.8, 4) is 0 Å². The second-order valence-electron chi connectivity index (χ2n) is 5.96. The van der Waals surface area contributed by atoms with Crippen molar-refractivity contribution >= 4 is 29.4 Å². The average molecular weight is 366 g/mol. The van der Waals surface area contributed by atoms with Crippen LogP contribution in [0.15, 0.2) is 48.5 Å². The molecule has 1 N–H and O–H groups in total. The maximum absolute atomic E-state index is 12.2. The molecule has 1 heterocycles. The monoisotopic (exact) mass is 366 g/mol. The number of nitrogens with zero attached hydrogens (tertiary/aromatic N) is 1. The molecule has 7 nitrogen and oxygen atoms in total. The summed E-state index contributed by atoms with van der Waals surface area (Å²) in [5.41, 5.74) is 2.12. The third-order valence-electron chi connectivity index (χ3n) is 4.20. The summed E-state index contributed by atoms with van der Waals surface area (Å²) in [6.45, 7) is 0.929. The first kappa shape index (κ1) is 18.3. The van der Waals surface area contributed by atoms with E-state index in [0.29, 0.717) is 5.69 Å². The van der Waals surface area contributed by atoms with Crippen LogP contribution in [0.2, 0.25) is 0 Å². The van der Waals surface area contributed by atoms with E-state index in [1.54, 1.807) is 24.3 Å². The minimum Gasteiger partial charge on any atom is -0.454 e. The summed E-state index contributed by atoms with van der Waals surface area (Å²) >= 11 is 0. The van der Waals surface area contributed by atoms with Gasteiger partial charge in [0.2, 0.25) is 0 Å². The molecule has 0 aliphatic carbocycles. The van der Waals surface area contributed by atoms with Crippen LogP contribution in [0.3, 0.4) is 0 Å². The topological polar surface area (TPSA) is 92.8 Å². The lowest BCUT2D eigenvalue weighted by Gasteiger charge is -2.13. The highest BCUT2D eigenvalue weighted by atomic mass is 16.5. The SMILES string of the molecule is CCc1ccccc1NC(=O)COC(=O)CN1C(=O)c2ccccc2C1=O. The van der Waals surface area contributed by atoms with Gasteiger partial charge in [0, 0.05) is 5.69 Å². The fourth-order valence-electron chi connectivity index (χ4n) is 2.84. The predicted molar refractivity (Wildman–Crippen MR) is 97.2 cm³/mol. The van der Waals surface area contributed by atoms with Gasteiger partial charge in [0.15, 0.2) is 6.61 Å². The standard InChI is InChI=1S/C20H18N2O5/c1-2-13-7-3-6-10-16(13)21-17(23)12-27-18(24)11-22-19(25)14-8-4-5-9-15(14)20(22)26/h3-10H,2,11-12H2,1H3,(H,21,23). The lowest BCUT2D eigenvalue weighted by Crippen LogP contribution is -2.36. The van der Waals surface area contributed by atoms with Crippen LogP contribution in [0.1, 0.15) is 33.2 Å². The van der Waals surface area contributed by atoms with Gasteiger partial charge in [0.05, 0.1) is 11.1 Å². The molecule has 7 heteroatoms. The van der Waals surface area contributed by atoms with Gasteiger partial charge in [-0.1, -0.05) is 37.3 Å². The van der Waals surface area contributed by atoms with E-state index < -0.39 is 36.8 Å². The van der Waals surface area contributed by atoms with Crippen molar-refractivity contribution in [1.29, 1.82) is 0 Å². The highest BCUT2D eigenvalue weighted by Crippen LogP contribution is 2.22. The third kappa shape index (κ3) is 3.87. The molecular weight excluding hydrogens is 348 g/mol. The Bertz CT molecular complexity index is 887. The molecule has 2 aromatic carbocycles. The molecule has 0 aromatic heterocycles. The van der Waals surface area contributed by atoms with Gasteiger partial charge in [-0.15, -0.1) is 0 Å². The highest BCUT2D eigenvalue weighted by molar-refractivity contribution is 6.22. The van der Waals surface area contributed by atoms with E-state index in [4.69, 9.17) is 4.74 Å². The van der Waals surface area contributed by atoms with Crippen molar-refractivity contribution < 1.29 is 23.9 Å². The number of nitrogens with one attached hydrogen (secondary N) is 1. The molecule has 1 aliphatic heterocycles. The lowest BCUT2D eigenvalue weighted by atomic mass is 10.1. The number of fused-ring (bicyclic) bond motifs is 1. The Kier molecular flexibility index (Phi) is 5.30. The Morgan fingerprint density at radius 3 is 2.19 bits per heavy atom. The maximum atomic E-state index is 12.2. The molecule has 1 aliphatic rings. The number of ether oxygens (including phenoxy) is 1. The molecule has 138 valence electrons. The van der Waals surface area contributed by atoms with Gasteiger partial charge >= 0.3 is 5.97 Å². The number of benzene rings is 2. The van der Waals surface area contributed by atoms with Crippen LogP contribution in [0, 0.1) is 0 Å². The molecular formula is C20H18N2O5. The number of rotatable bonds is 6. The van der Waals surface area contributed by atoms with E-state index >= 15 is 0 Å². The van der Waals surface area contributed by atoms with Crippen molar-refractivity contribution in [3.05, 3.63) is 65.2 Å². The Labute approximate surface area is 155 Å². The minimum atomic E-state index is -0.830. The van der Waals surface area contributed by atoms with Crippen LogP contribution in [0.5, 0.6) is 0 Å². The van der Waals surface area contributed by atoms with Crippen molar-refractivity contribution in [3.63, 3.8) is 0 Å². The zero-order valence-electron chi connectivity index (χ0n) is 14.7. The number of esters is 1. The van der Waals surface area contributed by atoms with E-state index in [9.17, 15) is 19.2 Å². The summed E-state index contributed by atoms with van der Waals surface area (Å²) in [5, 5.41) is 2.68. The smallest absolute Gasteiger partial charge is 0.326 e. The molecule has 0 fully saturated rings. The van der Waals surface area contributed by atoms with E-state index in [2.05, 4.69) is 5.32 Å². The molecule has 3 rings (SSSR count). The number of hydrogen-bond acceptors (Lipinski definition) is 5. The fourth-order valence-corrected chi connectivity index (χ4v) is 2.84. The molecule has 27 heavy (non-hydrogen) atoms. The molecule has 2 aromatic rings. The summed E-state index contributed by atoms with van der Waals surface area (Å²) in [6, 6.07) is 13.7. The Morgan fingerprint density at radius 1 is 0.963 bits per heavy atom.